The number of benzene rings is 1. The normalized spacial score (nSPS) is 10.2. The molecule has 0 atom stereocenters. The van der Waals surface area contributed by atoms with Crippen molar-refractivity contribution in [3.05, 3.63) is 47.8 Å². The van der Waals surface area contributed by atoms with Gasteiger partial charge < -0.3 is 10.5 Å². The first-order chi connectivity index (χ1) is 8.19. The second-order valence-electron chi connectivity index (χ2n) is 3.66. The Bertz CT molecular complexity index is 534. The molecule has 0 saturated carbocycles. The fourth-order valence-electron chi connectivity index (χ4n) is 1.57. The number of esters is 1. The molecule has 1 heterocycles. The summed E-state index contributed by atoms with van der Waals surface area (Å²) in [6, 6.07) is 7.23. The molecule has 1 aromatic carbocycles. The summed E-state index contributed by atoms with van der Waals surface area (Å²) in [5.74, 6) is -0.341. The van der Waals surface area contributed by atoms with Crippen molar-refractivity contribution < 1.29 is 9.53 Å². The van der Waals surface area contributed by atoms with E-state index in [9.17, 15) is 4.79 Å². The number of nitrogen functional groups attached to an aromatic ring is 1. The van der Waals surface area contributed by atoms with Crippen LogP contribution in [-0.2, 0) is 11.3 Å². The second kappa shape index (κ2) is 4.69. The molecule has 0 spiro atoms. The first-order valence-corrected chi connectivity index (χ1v) is 5.14. The van der Waals surface area contributed by atoms with Crippen molar-refractivity contribution in [3.63, 3.8) is 0 Å². The monoisotopic (exact) mass is 231 g/mol. The van der Waals surface area contributed by atoms with Crippen LogP contribution in [0.25, 0.3) is 0 Å². The van der Waals surface area contributed by atoms with Crippen LogP contribution < -0.4 is 5.73 Å². The maximum Gasteiger partial charge on any atom is 0.337 e. The number of carbonyl (C=O) groups is 1. The Hall–Kier alpha value is -2.30. The van der Waals surface area contributed by atoms with Gasteiger partial charge in [-0.25, -0.2) is 4.79 Å². The molecule has 0 radical (unpaired) electrons. The fraction of sp³-hybridized carbons (Fsp3) is 0.167. The van der Waals surface area contributed by atoms with Gasteiger partial charge in [0.25, 0.3) is 0 Å². The lowest BCUT2D eigenvalue weighted by Gasteiger charge is -2.04. The summed E-state index contributed by atoms with van der Waals surface area (Å²) in [6.45, 7) is 0.571. The molecule has 0 unspecified atom stereocenters. The van der Waals surface area contributed by atoms with Crippen molar-refractivity contribution in [1.29, 1.82) is 0 Å². The van der Waals surface area contributed by atoms with E-state index in [-0.39, 0.29) is 5.97 Å². The Labute approximate surface area is 98.8 Å². The predicted octanol–water partition coefficient (Wildman–Crippen LogP) is 1.30. The van der Waals surface area contributed by atoms with Crippen LogP contribution in [0.3, 0.4) is 0 Å². The Kier molecular flexibility index (Phi) is 3.09. The third kappa shape index (κ3) is 2.63. The number of aromatic nitrogens is 2. The number of hydrogen-bond donors (Lipinski definition) is 1. The summed E-state index contributed by atoms with van der Waals surface area (Å²) < 4.78 is 6.38. The third-order valence-electron chi connectivity index (χ3n) is 2.35. The summed E-state index contributed by atoms with van der Waals surface area (Å²) in [5, 5.41) is 4.08. The highest BCUT2D eigenvalue weighted by Gasteiger charge is 2.06. The lowest BCUT2D eigenvalue weighted by atomic mass is 10.1. The van der Waals surface area contributed by atoms with E-state index < -0.39 is 0 Å². The fourth-order valence-corrected chi connectivity index (χ4v) is 1.57. The van der Waals surface area contributed by atoms with Crippen molar-refractivity contribution in [2.24, 2.45) is 0 Å². The van der Waals surface area contributed by atoms with E-state index in [1.165, 1.54) is 7.11 Å². The lowest BCUT2D eigenvalue weighted by Crippen LogP contribution is -2.04. The standard InChI is InChI=1S/C12H13N3O2/c1-17-12(16)10-4-2-3-9(5-10)7-15-8-11(13)6-14-15/h2-6,8H,7,13H2,1H3. The summed E-state index contributed by atoms with van der Waals surface area (Å²) in [4.78, 5) is 11.4. The van der Waals surface area contributed by atoms with Gasteiger partial charge in [-0.15, -0.1) is 0 Å². The van der Waals surface area contributed by atoms with Crippen LogP contribution in [0.15, 0.2) is 36.7 Å². The van der Waals surface area contributed by atoms with Crippen molar-refractivity contribution in [2.45, 2.75) is 6.54 Å². The van der Waals surface area contributed by atoms with Gasteiger partial charge in [0.05, 0.1) is 31.1 Å². The molecule has 0 amide bonds. The number of hydrogen-bond acceptors (Lipinski definition) is 4. The minimum absolute atomic E-state index is 0.341. The maximum absolute atomic E-state index is 11.4. The van der Waals surface area contributed by atoms with Gasteiger partial charge in [0.15, 0.2) is 0 Å². The van der Waals surface area contributed by atoms with Crippen LogP contribution in [0, 0.1) is 0 Å². The molecular formula is C12H13N3O2. The first-order valence-electron chi connectivity index (χ1n) is 5.14. The number of carbonyl (C=O) groups excluding carboxylic acids is 1. The van der Waals surface area contributed by atoms with Gasteiger partial charge in [-0.2, -0.15) is 5.10 Å². The number of nitrogens with zero attached hydrogens (tertiary/aromatic N) is 2. The molecule has 2 aromatic rings. The van der Waals surface area contributed by atoms with E-state index in [0.717, 1.165) is 5.56 Å². The molecule has 17 heavy (non-hydrogen) atoms. The van der Waals surface area contributed by atoms with Gasteiger partial charge in [0.1, 0.15) is 0 Å². The number of rotatable bonds is 3. The van der Waals surface area contributed by atoms with Crippen molar-refractivity contribution in [2.75, 3.05) is 12.8 Å². The largest absolute Gasteiger partial charge is 0.465 e. The SMILES string of the molecule is COC(=O)c1cccc(Cn2cc(N)cn2)c1. The lowest BCUT2D eigenvalue weighted by molar-refractivity contribution is 0.0600. The van der Waals surface area contributed by atoms with Crippen LogP contribution in [-0.4, -0.2) is 22.9 Å². The number of ether oxygens (including phenoxy) is 1. The number of nitrogens with two attached hydrogens (primary N) is 1. The molecule has 88 valence electrons. The zero-order valence-electron chi connectivity index (χ0n) is 9.46. The molecule has 2 rings (SSSR count). The molecule has 5 heteroatoms. The van der Waals surface area contributed by atoms with E-state index in [1.54, 1.807) is 29.2 Å². The maximum atomic E-state index is 11.4. The second-order valence-corrected chi connectivity index (χ2v) is 3.66. The smallest absolute Gasteiger partial charge is 0.337 e. The molecule has 0 saturated heterocycles. The Morgan fingerprint density at radius 2 is 2.35 bits per heavy atom. The average molecular weight is 231 g/mol. The average Bonchev–Trinajstić information content (AvgIpc) is 2.74. The highest BCUT2D eigenvalue weighted by molar-refractivity contribution is 5.89. The summed E-state index contributed by atoms with van der Waals surface area (Å²) in [6.07, 6.45) is 3.33. The molecule has 2 N–H and O–H groups in total. The van der Waals surface area contributed by atoms with Gasteiger partial charge in [0.2, 0.25) is 0 Å². The Balaban J connectivity index is 2.19. The molecule has 0 fully saturated rings. The summed E-state index contributed by atoms with van der Waals surface area (Å²) in [7, 11) is 1.36. The minimum Gasteiger partial charge on any atom is -0.465 e. The Morgan fingerprint density at radius 3 is 3.00 bits per heavy atom. The number of anilines is 1. The molecule has 0 aliphatic rings. The van der Waals surface area contributed by atoms with Gasteiger partial charge in [-0.1, -0.05) is 12.1 Å². The van der Waals surface area contributed by atoms with E-state index in [1.807, 2.05) is 12.1 Å². The van der Waals surface area contributed by atoms with E-state index in [4.69, 9.17) is 5.73 Å². The van der Waals surface area contributed by atoms with Crippen LogP contribution >= 0.6 is 0 Å². The molecule has 5 nitrogen and oxygen atoms in total. The molecule has 0 bridgehead atoms. The van der Waals surface area contributed by atoms with Crippen molar-refractivity contribution in [1.82, 2.24) is 9.78 Å². The zero-order valence-corrected chi connectivity index (χ0v) is 9.46. The summed E-state index contributed by atoms with van der Waals surface area (Å²) >= 11 is 0. The van der Waals surface area contributed by atoms with Crippen LogP contribution in [0.1, 0.15) is 15.9 Å². The van der Waals surface area contributed by atoms with Gasteiger partial charge >= 0.3 is 5.97 Å². The Morgan fingerprint density at radius 1 is 1.53 bits per heavy atom. The van der Waals surface area contributed by atoms with E-state index in [2.05, 4.69) is 9.84 Å². The van der Waals surface area contributed by atoms with Crippen molar-refractivity contribution in [3.8, 4) is 0 Å². The molecule has 1 aromatic heterocycles. The van der Waals surface area contributed by atoms with Gasteiger partial charge in [-0.3, -0.25) is 4.68 Å². The quantitative estimate of drug-likeness (QED) is 0.808. The van der Waals surface area contributed by atoms with Crippen LogP contribution in [0.2, 0.25) is 0 Å². The highest BCUT2D eigenvalue weighted by Crippen LogP contribution is 2.09. The van der Waals surface area contributed by atoms with E-state index in [0.29, 0.717) is 17.8 Å². The third-order valence-corrected chi connectivity index (χ3v) is 2.35. The summed E-state index contributed by atoms with van der Waals surface area (Å²) in [5.41, 5.74) is 7.70. The highest BCUT2D eigenvalue weighted by atomic mass is 16.5. The van der Waals surface area contributed by atoms with Gasteiger partial charge in [-0.05, 0) is 17.7 Å². The van der Waals surface area contributed by atoms with Gasteiger partial charge in [0, 0.05) is 6.20 Å². The van der Waals surface area contributed by atoms with Crippen LogP contribution in [0.5, 0.6) is 0 Å². The molecule has 0 aliphatic heterocycles. The van der Waals surface area contributed by atoms with E-state index >= 15 is 0 Å². The topological polar surface area (TPSA) is 70.1 Å². The minimum atomic E-state index is -0.341. The molecule has 0 aliphatic carbocycles. The first kappa shape index (κ1) is 11.2. The molecular weight excluding hydrogens is 218 g/mol. The predicted molar refractivity (Wildman–Crippen MR) is 63.5 cm³/mol. The van der Waals surface area contributed by atoms with Crippen LogP contribution in [0.4, 0.5) is 5.69 Å². The van der Waals surface area contributed by atoms with Crippen molar-refractivity contribution >= 4 is 11.7 Å². The number of methoxy groups -OCH3 is 1. The zero-order chi connectivity index (χ0) is 12.3.